The Bertz CT molecular complexity index is 490. The number of benzene rings is 1. The fourth-order valence-electron chi connectivity index (χ4n) is 1.47. The second kappa shape index (κ2) is 5.75. The van der Waals surface area contributed by atoms with Gasteiger partial charge in [0.1, 0.15) is 10.8 Å². The van der Waals surface area contributed by atoms with E-state index in [1.165, 1.54) is 17.8 Å². The van der Waals surface area contributed by atoms with E-state index in [4.69, 9.17) is 5.73 Å². The van der Waals surface area contributed by atoms with Gasteiger partial charge < -0.3 is 5.73 Å². The normalized spacial score (nSPS) is 10.5. The van der Waals surface area contributed by atoms with E-state index in [0.29, 0.717) is 18.5 Å². The van der Waals surface area contributed by atoms with Crippen LogP contribution >= 0.6 is 11.8 Å². The molecule has 2 aromatic rings. The summed E-state index contributed by atoms with van der Waals surface area (Å²) < 4.78 is 13.6. The van der Waals surface area contributed by atoms with Crippen LogP contribution in [0.15, 0.2) is 46.7 Å². The van der Waals surface area contributed by atoms with Gasteiger partial charge in [0.2, 0.25) is 0 Å². The van der Waals surface area contributed by atoms with Gasteiger partial charge in [0, 0.05) is 22.9 Å². The molecule has 1 aromatic heterocycles. The minimum atomic E-state index is -0.218. The highest BCUT2D eigenvalue weighted by Crippen LogP contribution is 2.30. The highest BCUT2D eigenvalue weighted by Gasteiger charge is 2.09. The van der Waals surface area contributed by atoms with Crippen LogP contribution in [0.4, 0.5) is 4.39 Å². The quantitative estimate of drug-likeness (QED) is 0.903. The summed E-state index contributed by atoms with van der Waals surface area (Å²) in [4.78, 5) is 8.97. The van der Waals surface area contributed by atoms with E-state index in [9.17, 15) is 4.39 Å². The summed E-state index contributed by atoms with van der Waals surface area (Å²) in [5, 5.41) is 0.747. The maximum Gasteiger partial charge on any atom is 0.127 e. The first-order valence-corrected chi connectivity index (χ1v) is 6.04. The molecule has 17 heavy (non-hydrogen) atoms. The first-order chi connectivity index (χ1) is 8.31. The van der Waals surface area contributed by atoms with Gasteiger partial charge in [-0.3, -0.25) is 4.98 Å². The third-order valence-corrected chi connectivity index (χ3v) is 3.25. The Morgan fingerprint density at radius 3 is 2.88 bits per heavy atom. The summed E-state index contributed by atoms with van der Waals surface area (Å²) >= 11 is 1.40. The molecule has 1 aromatic carbocycles. The molecule has 0 atom stereocenters. The van der Waals surface area contributed by atoms with E-state index < -0.39 is 0 Å². The molecule has 2 N–H and O–H groups in total. The summed E-state index contributed by atoms with van der Waals surface area (Å²) in [5.74, 6) is -0.218. The molecule has 3 nitrogen and oxygen atoms in total. The predicted octanol–water partition coefficient (Wildman–Crippen LogP) is 2.27. The van der Waals surface area contributed by atoms with E-state index >= 15 is 0 Å². The van der Waals surface area contributed by atoms with E-state index in [-0.39, 0.29) is 5.82 Å². The lowest BCUT2D eigenvalue weighted by Crippen LogP contribution is -2.05. The molecule has 1 heterocycles. The van der Waals surface area contributed by atoms with Crippen molar-refractivity contribution in [3.05, 3.63) is 48.2 Å². The molecule has 0 aliphatic carbocycles. The summed E-state index contributed by atoms with van der Waals surface area (Å²) in [6, 6.07) is 5.01. The SMILES string of the molecule is NCCc1c(F)cccc1Sc1cnccn1. The molecule has 2 rings (SSSR count). The summed E-state index contributed by atoms with van der Waals surface area (Å²) in [7, 11) is 0. The zero-order chi connectivity index (χ0) is 12.1. The Hall–Kier alpha value is -1.46. The minimum Gasteiger partial charge on any atom is -0.330 e. The molecule has 0 saturated heterocycles. The first-order valence-electron chi connectivity index (χ1n) is 5.22. The van der Waals surface area contributed by atoms with Crippen molar-refractivity contribution in [2.45, 2.75) is 16.3 Å². The van der Waals surface area contributed by atoms with Crippen molar-refractivity contribution in [3.8, 4) is 0 Å². The van der Waals surface area contributed by atoms with Crippen LogP contribution in [0.1, 0.15) is 5.56 Å². The number of aromatic nitrogens is 2. The molecule has 0 amide bonds. The van der Waals surface area contributed by atoms with Crippen LogP contribution in [-0.4, -0.2) is 16.5 Å². The molecule has 0 radical (unpaired) electrons. The number of rotatable bonds is 4. The average Bonchev–Trinajstić information content (AvgIpc) is 2.35. The number of nitrogens with two attached hydrogens (primary N) is 1. The smallest absolute Gasteiger partial charge is 0.127 e. The first kappa shape index (κ1) is 12.0. The number of hydrogen-bond acceptors (Lipinski definition) is 4. The monoisotopic (exact) mass is 249 g/mol. The van der Waals surface area contributed by atoms with Gasteiger partial charge in [-0.15, -0.1) is 0 Å². The molecule has 0 saturated carbocycles. The van der Waals surface area contributed by atoms with Crippen LogP contribution in [0.25, 0.3) is 0 Å². The van der Waals surface area contributed by atoms with Crippen LogP contribution in [-0.2, 0) is 6.42 Å². The van der Waals surface area contributed by atoms with Gasteiger partial charge >= 0.3 is 0 Å². The average molecular weight is 249 g/mol. The lowest BCUT2D eigenvalue weighted by atomic mass is 10.1. The number of nitrogens with zero attached hydrogens (tertiary/aromatic N) is 2. The zero-order valence-corrected chi connectivity index (χ0v) is 9.95. The fraction of sp³-hybridized carbons (Fsp3) is 0.167. The molecule has 0 spiro atoms. The third-order valence-electron chi connectivity index (χ3n) is 2.22. The van der Waals surface area contributed by atoms with Gasteiger partial charge in [-0.05, 0) is 25.1 Å². The molecule has 5 heteroatoms. The lowest BCUT2D eigenvalue weighted by Gasteiger charge is -2.08. The fourth-order valence-corrected chi connectivity index (χ4v) is 2.39. The van der Waals surface area contributed by atoms with Crippen molar-refractivity contribution in [3.63, 3.8) is 0 Å². The molecular formula is C12H12FN3S. The Kier molecular flexibility index (Phi) is 4.06. The van der Waals surface area contributed by atoms with Crippen LogP contribution in [0.2, 0.25) is 0 Å². The minimum absolute atomic E-state index is 0.218. The van der Waals surface area contributed by atoms with Gasteiger partial charge in [0.05, 0.1) is 6.20 Å². The van der Waals surface area contributed by atoms with E-state index in [2.05, 4.69) is 9.97 Å². The summed E-state index contributed by atoms with van der Waals surface area (Å²) in [6.45, 7) is 0.426. The van der Waals surface area contributed by atoms with Gasteiger partial charge in [-0.1, -0.05) is 17.8 Å². The lowest BCUT2D eigenvalue weighted by molar-refractivity contribution is 0.603. The van der Waals surface area contributed by atoms with Gasteiger partial charge in [0.15, 0.2) is 0 Å². The highest BCUT2D eigenvalue weighted by atomic mass is 32.2. The molecule has 0 aliphatic rings. The van der Waals surface area contributed by atoms with Crippen molar-refractivity contribution >= 4 is 11.8 Å². The van der Waals surface area contributed by atoms with Crippen molar-refractivity contribution < 1.29 is 4.39 Å². The van der Waals surface area contributed by atoms with E-state index in [1.54, 1.807) is 24.7 Å². The highest BCUT2D eigenvalue weighted by molar-refractivity contribution is 7.99. The topological polar surface area (TPSA) is 51.8 Å². The van der Waals surface area contributed by atoms with Crippen LogP contribution in [0, 0.1) is 5.82 Å². The Morgan fingerprint density at radius 2 is 2.18 bits per heavy atom. The molecule has 88 valence electrons. The Balaban J connectivity index is 2.29. The molecule has 0 bridgehead atoms. The second-order valence-electron chi connectivity index (χ2n) is 3.40. The summed E-state index contributed by atoms with van der Waals surface area (Å²) in [5.41, 5.74) is 6.13. The van der Waals surface area contributed by atoms with Crippen molar-refractivity contribution in [1.29, 1.82) is 0 Å². The second-order valence-corrected chi connectivity index (χ2v) is 4.46. The molecule has 0 fully saturated rings. The van der Waals surface area contributed by atoms with Crippen molar-refractivity contribution in [2.75, 3.05) is 6.54 Å². The van der Waals surface area contributed by atoms with Gasteiger partial charge in [0.25, 0.3) is 0 Å². The predicted molar refractivity (Wildman–Crippen MR) is 65.3 cm³/mol. The molecular weight excluding hydrogens is 237 g/mol. The number of hydrogen-bond donors (Lipinski definition) is 1. The van der Waals surface area contributed by atoms with Crippen LogP contribution in [0.3, 0.4) is 0 Å². The Labute approximate surface area is 103 Å². The van der Waals surface area contributed by atoms with Crippen molar-refractivity contribution in [2.24, 2.45) is 5.73 Å². The number of halogens is 1. The standard InChI is InChI=1S/C12H12FN3S/c13-10-2-1-3-11(9(10)4-5-14)17-12-8-15-6-7-16-12/h1-3,6-8H,4-5,14H2. The van der Waals surface area contributed by atoms with Crippen LogP contribution < -0.4 is 5.73 Å². The van der Waals surface area contributed by atoms with E-state index in [0.717, 1.165) is 9.92 Å². The zero-order valence-electron chi connectivity index (χ0n) is 9.14. The Morgan fingerprint density at radius 1 is 1.29 bits per heavy atom. The maximum absolute atomic E-state index is 13.6. The largest absolute Gasteiger partial charge is 0.330 e. The van der Waals surface area contributed by atoms with Gasteiger partial charge in [-0.2, -0.15) is 0 Å². The van der Waals surface area contributed by atoms with Crippen LogP contribution in [0.5, 0.6) is 0 Å². The maximum atomic E-state index is 13.6. The van der Waals surface area contributed by atoms with Gasteiger partial charge in [-0.25, -0.2) is 9.37 Å². The molecule has 0 unspecified atom stereocenters. The molecule has 0 aliphatic heterocycles. The summed E-state index contributed by atoms with van der Waals surface area (Å²) in [6.07, 6.45) is 5.40. The van der Waals surface area contributed by atoms with E-state index in [1.807, 2.05) is 6.07 Å². The van der Waals surface area contributed by atoms with Crippen molar-refractivity contribution in [1.82, 2.24) is 9.97 Å². The third kappa shape index (κ3) is 3.01.